The fourth-order valence-electron chi connectivity index (χ4n) is 1.86. The van der Waals surface area contributed by atoms with Crippen molar-refractivity contribution in [3.63, 3.8) is 0 Å². The van der Waals surface area contributed by atoms with Gasteiger partial charge in [0.15, 0.2) is 0 Å². The van der Waals surface area contributed by atoms with E-state index in [4.69, 9.17) is 4.74 Å². The van der Waals surface area contributed by atoms with Gasteiger partial charge in [0, 0.05) is 16.3 Å². The van der Waals surface area contributed by atoms with E-state index in [1.165, 1.54) is 24.1 Å². The monoisotopic (exact) mass is 225 g/mol. The molecule has 3 heteroatoms. The smallest absolute Gasteiger partial charge is 0.129 e. The average Bonchev–Trinajstić information content (AvgIpc) is 2.94. The Labute approximate surface area is 95.6 Å². The van der Waals surface area contributed by atoms with Gasteiger partial charge in [-0.1, -0.05) is 19.8 Å². The van der Waals surface area contributed by atoms with Crippen LogP contribution < -0.4 is 10.1 Å². The van der Waals surface area contributed by atoms with Gasteiger partial charge in [-0.3, -0.25) is 0 Å². The van der Waals surface area contributed by atoms with Gasteiger partial charge in [-0.2, -0.15) is 0 Å². The highest BCUT2D eigenvalue weighted by atomic mass is 32.1. The van der Waals surface area contributed by atoms with Crippen LogP contribution in [-0.4, -0.2) is 13.7 Å². The molecule has 0 radical (unpaired) electrons. The molecule has 84 valence electrons. The molecule has 1 N–H and O–H groups in total. The summed E-state index contributed by atoms with van der Waals surface area (Å²) in [5, 5.41) is 5.65. The number of thiophene rings is 1. The molecular weight excluding hydrogens is 206 g/mol. The molecule has 1 unspecified atom stereocenters. The van der Waals surface area contributed by atoms with Crippen molar-refractivity contribution in [2.45, 2.75) is 32.2 Å². The Kier molecular flexibility index (Phi) is 3.65. The van der Waals surface area contributed by atoms with Gasteiger partial charge >= 0.3 is 0 Å². The van der Waals surface area contributed by atoms with E-state index in [-0.39, 0.29) is 0 Å². The van der Waals surface area contributed by atoms with Crippen molar-refractivity contribution in [1.29, 1.82) is 0 Å². The van der Waals surface area contributed by atoms with Crippen LogP contribution in [-0.2, 0) is 0 Å². The third-order valence-corrected chi connectivity index (χ3v) is 3.92. The molecule has 1 aromatic rings. The fourth-order valence-corrected chi connectivity index (χ4v) is 2.80. The largest absolute Gasteiger partial charge is 0.496 e. The normalized spacial score (nSPS) is 17.7. The Morgan fingerprint density at radius 2 is 2.40 bits per heavy atom. The van der Waals surface area contributed by atoms with E-state index >= 15 is 0 Å². The summed E-state index contributed by atoms with van der Waals surface area (Å²) in [7, 11) is 1.73. The highest BCUT2D eigenvalue weighted by Crippen LogP contribution is 2.39. The zero-order chi connectivity index (χ0) is 10.7. The zero-order valence-corrected chi connectivity index (χ0v) is 10.3. The molecule has 2 nitrogen and oxygen atoms in total. The van der Waals surface area contributed by atoms with Gasteiger partial charge in [-0.15, -0.1) is 11.3 Å². The predicted octanol–water partition coefficient (Wildman–Crippen LogP) is 3.21. The number of nitrogens with one attached hydrogen (secondary N) is 1. The average molecular weight is 225 g/mol. The van der Waals surface area contributed by atoms with Crippen molar-refractivity contribution < 1.29 is 4.74 Å². The van der Waals surface area contributed by atoms with E-state index in [1.54, 1.807) is 18.4 Å². The van der Waals surface area contributed by atoms with Gasteiger partial charge < -0.3 is 10.1 Å². The SMILES string of the molecule is CCNC(CC1CC1)c1cc(OC)cs1. The zero-order valence-electron chi connectivity index (χ0n) is 9.45. The van der Waals surface area contributed by atoms with Gasteiger partial charge in [0.2, 0.25) is 0 Å². The van der Waals surface area contributed by atoms with Crippen molar-refractivity contribution >= 4 is 11.3 Å². The Morgan fingerprint density at radius 3 is 2.93 bits per heavy atom. The van der Waals surface area contributed by atoms with Crippen molar-refractivity contribution in [3.05, 3.63) is 16.3 Å². The number of methoxy groups -OCH3 is 1. The molecule has 0 aromatic carbocycles. The second-order valence-corrected chi connectivity index (χ2v) is 5.12. The van der Waals surface area contributed by atoms with Crippen LogP contribution >= 0.6 is 11.3 Å². The molecule has 0 bridgehead atoms. The number of ether oxygens (including phenoxy) is 1. The van der Waals surface area contributed by atoms with Crippen LogP contribution in [0.15, 0.2) is 11.4 Å². The van der Waals surface area contributed by atoms with Gasteiger partial charge in [0.05, 0.1) is 7.11 Å². The van der Waals surface area contributed by atoms with Gasteiger partial charge in [0.25, 0.3) is 0 Å². The standard InChI is InChI=1S/C12H19NOS/c1-3-13-11(6-9-4-5-9)12-7-10(14-2)8-15-12/h7-9,11,13H,3-6H2,1-2H3. The van der Waals surface area contributed by atoms with E-state index in [0.717, 1.165) is 18.2 Å². The lowest BCUT2D eigenvalue weighted by atomic mass is 10.1. The van der Waals surface area contributed by atoms with Crippen molar-refractivity contribution in [2.75, 3.05) is 13.7 Å². The molecule has 0 amide bonds. The minimum atomic E-state index is 0.538. The first-order chi connectivity index (χ1) is 7.33. The third-order valence-electron chi connectivity index (χ3n) is 2.89. The first-order valence-electron chi connectivity index (χ1n) is 5.69. The molecule has 0 aliphatic heterocycles. The quantitative estimate of drug-likeness (QED) is 0.802. The molecule has 1 saturated carbocycles. The first-order valence-corrected chi connectivity index (χ1v) is 6.57. The number of hydrogen-bond acceptors (Lipinski definition) is 3. The maximum atomic E-state index is 5.23. The van der Waals surface area contributed by atoms with Crippen LogP contribution in [0.25, 0.3) is 0 Å². The summed E-state index contributed by atoms with van der Waals surface area (Å²) in [6.07, 6.45) is 4.13. The van der Waals surface area contributed by atoms with Crippen molar-refractivity contribution in [1.82, 2.24) is 5.32 Å². The maximum absolute atomic E-state index is 5.23. The Hall–Kier alpha value is -0.540. The summed E-state index contributed by atoms with van der Waals surface area (Å²) in [5.74, 6) is 1.95. The summed E-state index contributed by atoms with van der Waals surface area (Å²) >= 11 is 1.80. The van der Waals surface area contributed by atoms with Crippen LogP contribution in [0.3, 0.4) is 0 Å². The minimum Gasteiger partial charge on any atom is -0.496 e. The lowest BCUT2D eigenvalue weighted by Gasteiger charge is -2.15. The third kappa shape index (κ3) is 2.95. The van der Waals surface area contributed by atoms with Crippen molar-refractivity contribution in [2.24, 2.45) is 5.92 Å². The topological polar surface area (TPSA) is 21.3 Å². The van der Waals surface area contributed by atoms with Crippen molar-refractivity contribution in [3.8, 4) is 5.75 Å². The van der Waals surface area contributed by atoms with Gasteiger partial charge in [0.1, 0.15) is 5.75 Å². The predicted molar refractivity (Wildman–Crippen MR) is 64.6 cm³/mol. The summed E-state index contributed by atoms with van der Waals surface area (Å²) < 4.78 is 5.23. The van der Waals surface area contributed by atoms with Crippen LogP contribution in [0.1, 0.15) is 37.1 Å². The molecule has 0 spiro atoms. The van der Waals surface area contributed by atoms with E-state index < -0.39 is 0 Å². The first kappa shape index (κ1) is 11.0. The maximum Gasteiger partial charge on any atom is 0.129 e. The molecule has 1 aliphatic carbocycles. The molecular formula is C12H19NOS. The lowest BCUT2D eigenvalue weighted by molar-refractivity contribution is 0.415. The molecule has 1 fully saturated rings. The van der Waals surface area contributed by atoms with E-state index in [2.05, 4.69) is 23.7 Å². The summed E-state index contributed by atoms with van der Waals surface area (Å²) in [5.41, 5.74) is 0. The molecule has 15 heavy (non-hydrogen) atoms. The molecule has 1 aliphatic rings. The highest BCUT2D eigenvalue weighted by Gasteiger charge is 2.26. The minimum absolute atomic E-state index is 0.538. The summed E-state index contributed by atoms with van der Waals surface area (Å²) in [6.45, 7) is 3.21. The molecule has 1 heterocycles. The second kappa shape index (κ2) is 4.99. The summed E-state index contributed by atoms with van der Waals surface area (Å²) in [4.78, 5) is 1.42. The Morgan fingerprint density at radius 1 is 1.60 bits per heavy atom. The Bertz CT molecular complexity index is 306. The van der Waals surface area contributed by atoms with Crippen LogP contribution in [0, 0.1) is 5.92 Å². The number of hydrogen-bond donors (Lipinski definition) is 1. The molecule has 0 saturated heterocycles. The second-order valence-electron chi connectivity index (χ2n) is 4.18. The number of rotatable bonds is 6. The van der Waals surface area contributed by atoms with Crippen LogP contribution in [0.2, 0.25) is 0 Å². The molecule has 2 rings (SSSR count). The van der Waals surface area contributed by atoms with Gasteiger partial charge in [-0.05, 0) is 24.9 Å². The lowest BCUT2D eigenvalue weighted by Crippen LogP contribution is -2.20. The van der Waals surface area contributed by atoms with Crippen LogP contribution in [0.5, 0.6) is 5.75 Å². The summed E-state index contributed by atoms with van der Waals surface area (Å²) in [6, 6.07) is 2.71. The Balaban J connectivity index is 2.00. The molecule has 1 atom stereocenters. The van der Waals surface area contributed by atoms with Crippen LogP contribution in [0.4, 0.5) is 0 Å². The van der Waals surface area contributed by atoms with Gasteiger partial charge in [-0.25, -0.2) is 0 Å². The van der Waals surface area contributed by atoms with E-state index in [0.29, 0.717) is 6.04 Å². The fraction of sp³-hybridized carbons (Fsp3) is 0.667. The molecule has 1 aromatic heterocycles. The van der Waals surface area contributed by atoms with E-state index in [9.17, 15) is 0 Å². The van der Waals surface area contributed by atoms with E-state index in [1.807, 2.05) is 0 Å². The highest BCUT2D eigenvalue weighted by molar-refractivity contribution is 7.10.